The highest BCUT2D eigenvalue weighted by Gasteiger charge is 2.14. The Morgan fingerprint density at radius 2 is 2.05 bits per heavy atom. The van der Waals surface area contributed by atoms with Crippen molar-refractivity contribution in [2.45, 2.75) is 13.8 Å². The van der Waals surface area contributed by atoms with Crippen LogP contribution >= 0.6 is 0 Å². The third-order valence-electron chi connectivity index (χ3n) is 2.42. The van der Waals surface area contributed by atoms with Crippen LogP contribution in [0.4, 0.5) is 5.69 Å². The molecule has 5 heteroatoms. The molecule has 0 aliphatic heterocycles. The number of ether oxygens (including phenoxy) is 3. The van der Waals surface area contributed by atoms with E-state index in [1.54, 1.807) is 18.2 Å². The van der Waals surface area contributed by atoms with Crippen molar-refractivity contribution in [2.24, 2.45) is 5.92 Å². The van der Waals surface area contributed by atoms with Crippen molar-refractivity contribution < 1.29 is 19.0 Å². The van der Waals surface area contributed by atoms with Crippen molar-refractivity contribution in [1.82, 2.24) is 0 Å². The monoisotopic (exact) mass is 267 g/mol. The zero-order chi connectivity index (χ0) is 14.3. The minimum absolute atomic E-state index is 0.211. The summed E-state index contributed by atoms with van der Waals surface area (Å²) in [6, 6.07) is 4.99. The molecule has 5 nitrogen and oxygen atoms in total. The van der Waals surface area contributed by atoms with Gasteiger partial charge in [0, 0.05) is 6.61 Å². The molecular weight excluding hydrogens is 246 g/mol. The number of rotatable bonds is 7. The molecule has 0 radical (unpaired) electrons. The van der Waals surface area contributed by atoms with E-state index in [0.717, 1.165) is 0 Å². The van der Waals surface area contributed by atoms with E-state index in [4.69, 9.17) is 19.9 Å². The number of hydrogen-bond acceptors (Lipinski definition) is 5. The molecule has 0 aromatic heterocycles. The Bertz CT molecular complexity index is 418. The number of carbonyl (C=O) groups is 1. The second-order valence-electron chi connectivity index (χ2n) is 4.53. The summed E-state index contributed by atoms with van der Waals surface area (Å²) >= 11 is 0. The third kappa shape index (κ3) is 4.79. The number of benzene rings is 1. The van der Waals surface area contributed by atoms with Crippen LogP contribution in [0.25, 0.3) is 0 Å². The molecule has 2 N–H and O–H groups in total. The largest absolute Gasteiger partial charge is 0.495 e. The lowest BCUT2D eigenvalue weighted by molar-refractivity contribution is 0.0278. The molecule has 0 bridgehead atoms. The average Bonchev–Trinajstić information content (AvgIpc) is 2.38. The lowest BCUT2D eigenvalue weighted by Gasteiger charge is -2.10. The van der Waals surface area contributed by atoms with Crippen LogP contribution < -0.4 is 10.5 Å². The van der Waals surface area contributed by atoms with Crippen LogP contribution in [-0.4, -0.2) is 32.9 Å². The zero-order valence-corrected chi connectivity index (χ0v) is 11.6. The van der Waals surface area contributed by atoms with Gasteiger partial charge in [0.05, 0.1) is 25.0 Å². The van der Waals surface area contributed by atoms with Gasteiger partial charge >= 0.3 is 5.97 Å². The molecule has 0 aliphatic carbocycles. The Kier molecular flexibility index (Phi) is 6.15. The number of para-hydroxylation sites is 1. The Balaban J connectivity index is 2.46. The molecule has 0 atom stereocenters. The fourth-order valence-electron chi connectivity index (χ4n) is 1.49. The highest BCUT2D eigenvalue weighted by Crippen LogP contribution is 2.25. The van der Waals surface area contributed by atoms with Crippen LogP contribution in [0.2, 0.25) is 0 Å². The van der Waals surface area contributed by atoms with Crippen molar-refractivity contribution >= 4 is 11.7 Å². The van der Waals surface area contributed by atoms with Gasteiger partial charge in [-0.1, -0.05) is 19.9 Å². The van der Waals surface area contributed by atoms with Crippen molar-refractivity contribution in [2.75, 3.05) is 32.7 Å². The van der Waals surface area contributed by atoms with Crippen LogP contribution in [0, 0.1) is 5.92 Å². The molecule has 19 heavy (non-hydrogen) atoms. The predicted molar refractivity (Wildman–Crippen MR) is 73.3 cm³/mol. The van der Waals surface area contributed by atoms with E-state index in [0.29, 0.717) is 30.4 Å². The van der Waals surface area contributed by atoms with Crippen molar-refractivity contribution in [3.63, 3.8) is 0 Å². The summed E-state index contributed by atoms with van der Waals surface area (Å²) < 4.78 is 15.5. The average molecular weight is 267 g/mol. The number of carbonyl (C=O) groups excluding carboxylic acids is 1. The SMILES string of the molecule is COc1cccc(C(=O)OCCOCC(C)C)c1N. The summed E-state index contributed by atoms with van der Waals surface area (Å²) in [5.74, 6) is 0.458. The first-order chi connectivity index (χ1) is 9.06. The molecule has 0 unspecified atom stereocenters. The molecule has 0 amide bonds. The molecule has 106 valence electrons. The summed E-state index contributed by atoms with van der Waals surface area (Å²) in [5, 5.41) is 0. The first kappa shape index (κ1) is 15.3. The van der Waals surface area contributed by atoms with Gasteiger partial charge < -0.3 is 19.9 Å². The third-order valence-corrected chi connectivity index (χ3v) is 2.42. The first-order valence-corrected chi connectivity index (χ1v) is 6.23. The number of nitrogens with two attached hydrogens (primary N) is 1. The number of hydrogen-bond donors (Lipinski definition) is 1. The number of esters is 1. The van der Waals surface area contributed by atoms with Gasteiger partial charge in [-0.25, -0.2) is 4.79 Å². The minimum atomic E-state index is -0.468. The van der Waals surface area contributed by atoms with Gasteiger partial charge in [0.15, 0.2) is 0 Å². The zero-order valence-electron chi connectivity index (χ0n) is 11.6. The molecular formula is C14H21NO4. The van der Waals surface area contributed by atoms with Gasteiger partial charge in [0.1, 0.15) is 12.4 Å². The number of anilines is 1. The lowest BCUT2D eigenvalue weighted by atomic mass is 10.1. The van der Waals surface area contributed by atoms with Gasteiger partial charge in [0.2, 0.25) is 0 Å². The number of nitrogen functional groups attached to an aromatic ring is 1. The second-order valence-corrected chi connectivity index (χ2v) is 4.53. The molecule has 0 aliphatic rings. The second kappa shape index (κ2) is 7.63. The van der Waals surface area contributed by atoms with Gasteiger partial charge in [-0.2, -0.15) is 0 Å². The van der Waals surface area contributed by atoms with E-state index >= 15 is 0 Å². The summed E-state index contributed by atoms with van der Waals surface area (Å²) in [7, 11) is 1.50. The molecule has 1 aromatic carbocycles. The molecule has 0 heterocycles. The predicted octanol–water partition coefficient (Wildman–Crippen LogP) is 2.11. The standard InChI is InChI=1S/C14H21NO4/c1-10(2)9-18-7-8-19-14(16)11-5-4-6-12(17-3)13(11)15/h4-6,10H,7-9,15H2,1-3H3. The fraction of sp³-hybridized carbons (Fsp3) is 0.500. The van der Waals surface area contributed by atoms with Crippen molar-refractivity contribution in [1.29, 1.82) is 0 Å². The van der Waals surface area contributed by atoms with Gasteiger partial charge in [-0.05, 0) is 18.1 Å². The Morgan fingerprint density at radius 3 is 2.68 bits per heavy atom. The number of methoxy groups -OCH3 is 1. The van der Waals surface area contributed by atoms with Crippen LogP contribution in [-0.2, 0) is 9.47 Å². The molecule has 0 saturated heterocycles. The van der Waals surface area contributed by atoms with Gasteiger partial charge in [0.25, 0.3) is 0 Å². The maximum atomic E-state index is 11.8. The lowest BCUT2D eigenvalue weighted by Crippen LogP contribution is -2.14. The van der Waals surface area contributed by atoms with Crippen LogP contribution in [0.1, 0.15) is 24.2 Å². The Morgan fingerprint density at radius 1 is 1.32 bits per heavy atom. The van der Waals surface area contributed by atoms with Crippen molar-refractivity contribution in [3.05, 3.63) is 23.8 Å². The molecule has 1 aromatic rings. The fourth-order valence-corrected chi connectivity index (χ4v) is 1.49. The summed E-state index contributed by atoms with van der Waals surface area (Å²) in [4.78, 5) is 11.8. The summed E-state index contributed by atoms with van der Waals surface area (Å²) in [5.41, 5.74) is 6.41. The molecule has 0 saturated carbocycles. The van der Waals surface area contributed by atoms with Crippen molar-refractivity contribution in [3.8, 4) is 5.75 Å². The van der Waals surface area contributed by atoms with E-state index in [1.165, 1.54) is 7.11 Å². The summed E-state index contributed by atoms with van der Waals surface area (Å²) in [6.07, 6.45) is 0. The van der Waals surface area contributed by atoms with Crippen LogP contribution in [0.5, 0.6) is 5.75 Å². The molecule has 0 fully saturated rings. The maximum Gasteiger partial charge on any atom is 0.340 e. The van der Waals surface area contributed by atoms with E-state index in [-0.39, 0.29) is 12.3 Å². The highest BCUT2D eigenvalue weighted by atomic mass is 16.6. The quantitative estimate of drug-likeness (QED) is 0.465. The van der Waals surface area contributed by atoms with E-state index in [1.807, 2.05) is 0 Å². The first-order valence-electron chi connectivity index (χ1n) is 6.23. The Labute approximate surface area is 113 Å². The van der Waals surface area contributed by atoms with E-state index in [9.17, 15) is 4.79 Å². The van der Waals surface area contributed by atoms with E-state index < -0.39 is 5.97 Å². The van der Waals surface area contributed by atoms with Crippen LogP contribution in [0.3, 0.4) is 0 Å². The summed E-state index contributed by atoms with van der Waals surface area (Å²) in [6.45, 7) is 5.36. The molecule has 1 rings (SSSR count). The van der Waals surface area contributed by atoms with Crippen LogP contribution in [0.15, 0.2) is 18.2 Å². The maximum absolute atomic E-state index is 11.8. The van der Waals surface area contributed by atoms with Gasteiger partial charge in [-0.15, -0.1) is 0 Å². The minimum Gasteiger partial charge on any atom is -0.495 e. The smallest absolute Gasteiger partial charge is 0.340 e. The normalized spacial score (nSPS) is 10.5. The molecule has 0 spiro atoms. The van der Waals surface area contributed by atoms with Gasteiger partial charge in [-0.3, -0.25) is 0 Å². The van der Waals surface area contributed by atoms with E-state index in [2.05, 4.69) is 13.8 Å². The Hall–Kier alpha value is -1.75. The topological polar surface area (TPSA) is 70.8 Å². The highest BCUT2D eigenvalue weighted by molar-refractivity contribution is 5.96.